The van der Waals surface area contributed by atoms with Crippen molar-refractivity contribution >= 4 is 18.4 Å². The number of benzene rings is 1. The summed E-state index contributed by atoms with van der Waals surface area (Å²) in [5.74, 6) is -1.18. The van der Waals surface area contributed by atoms with E-state index in [-0.39, 0.29) is 18.0 Å². The average Bonchev–Trinajstić information content (AvgIpc) is 2.37. The Morgan fingerprint density at radius 3 is 2.15 bits per heavy atom. The van der Waals surface area contributed by atoms with Gasteiger partial charge in [0, 0.05) is 0 Å². The zero-order valence-corrected chi connectivity index (χ0v) is 11.0. The van der Waals surface area contributed by atoms with Crippen LogP contribution < -0.4 is 10.5 Å². The molecule has 1 atom stereocenters. The number of nitrogens with two attached hydrogens (primary N) is 1. The molecule has 0 heterocycles. The molecular formula is C11H12ClF4NO3. The Morgan fingerprint density at radius 1 is 1.25 bits per heavy atom. The summed E-state index contributed by atoms with van der Waals surface area (Å²) in [6, 6.07) is 3.34. The van der Waals surface area contributed by atoms with E-state index in [1.807, 2.05) is 0 Å². The first-order chi connectivity index (χ1) is 8.77. The van der Waals surface area contributed by atoms with E-state index in [0.717, 1.165) is 19.2 Å². The highest BCUT2D eigenvalue weighted by atomic mass is 35.5. The summed E-state index contributed by atoms with van der Waals surface area (Å²) in [6.07, 6.45) is -8.52. The minimum absolute atomic E-state index is 0. The second kappa shape index (κ2) is 7.30. The third-order valence-electron chi connectivity index (χ3n) is 2.20. The molecule has 0 spiro atoms. The van der Waals surface area contributed by atoms with Crippen LogP contribution >= 0.6 is 12.4 Å². The molecule has 4 nitrogen and oxygen atoms in total. The number of rotatable bonds is 5. The van der Waals surface area contributed by atoms with Crippen molar-refractivity contribution in [1.29, 1.82) is 0 Å². The van der Waals surface area contributed by atoms with Gasteiger partial charge in [-0.2, -0.15) is 17.6 Å². The minimum atomic E-state index is -4.58. The molecule has 0 fully saturated rings. The predicted octanol–water partition coefficient (Wildman–Crippen LogP) is 2.52. The molecule has 0 aliphatic heterocycles. The van der Waals surface area contributed by atoms with Crippen LogP contribution in [0.1, 0.15) is 11.6 Å². The van der Waals surface area contributed by atoms with Crippen molar-refractivity contribution in [2.24, 2.45) is 5.73 Å². The molecule has 0 saturated heterocycles. The first kappa shape index (κ1) is 18.5. The number of carbonyl (C=O) groups is 1. The van der Waals surface area contributed by atoms with Crippen molar-refractivity contribution in [3.05, 3.63) is 29.8 Å². The maximum Gasteiger partial charge on any atom is 0.461 e. The number of esters is 1. The van der Waals surface area contributed by atoms with Gasteiger partial charge in [-0.25, -0.2) is 0 Å². The zero-order chi connectivity index (χ0) is 14.6. The topological polar surface area (TPSA) is 61.5 Å². The molecule has 0 bridgehead atoms. The highest BCUT2D eigenvalue weighted by Crippen LogP contribution is 2.28. The van der Waals surface area contributed by atoms with E-state index in [1.54, 1.807) is 0 Å². The molecule has 0 amide bonds. The number of hydrogen-bond donors (Lipinski definition) is 1. The largest absolute Gasteiger partial charge is 0.468 e. The average molecular weight is 318 g/mol. The van der Waals surface area contributed by atoms with Gasteiger partial charge in [0.2, 0.25) is 0 Å². The van der Waals surface area contributed by atoms with Crippen molar-refractivity contribution < 1.29 is 31.8 Å². The van der Waals surface area contributed by atoms with Crippen LogP contribution in [0.25, 0.3) is 0 Å². The SMILES string of the molecule is COC(=O)[C@H](N)c1ccc(OC(F)(F)C(F)F)cc1.Cl. The van der Waals surface area contributed by atoms with E-state index in [2.05, 4.69) is 9.47 Å². The molecule has 20 heavy (non-hydrogen) atoms. The zero-order valence-electron chi connectivity index (χ0n) is 10.2. The highest BCUT2D eigenvalue weighted by Gasteiger charge is 2.43. The minimum Gasteiger partial charge on any atom is -0.468 e. The number of alkyl halides is 4. The van der Waals surface area contributed by atoms with Gasteiger partial charge in [0.1, 0.15) is 11.8 Å². The van der Waals surface area contributed by atoms with Gasteiger partial charge in [-0.1, -0.05) is 12.1 Å². The molecule has 9 heteroatoms. The summed E-state index contributed by atoms with van der Waals surface area (Å²) in [5, 5.41) is 0. The Kier molecular flexibility index (Phi) is 6.74. The van der Waals surface area contributed by atoms with E-state index in [0.29, 0.717) is 0 Å². The Bertz CT molecular complexity index is 442. The van der Waals surface area contributed by atoms with Crippen LogP contribution in [0.3, 0.4) is 0 Å². The monoisotopic (exact) mass is 317 g/mol. The van der Waals surface area contributed by atoms with Crippen LogP contribution in [0.15, 0.2) is 24.3 Å². The Balaban J connectivity index is 0.00000361. The van der Waals surface area contributed by atoms with Crippen LogP contribution in [-0.2, 0) is 9.53 Å². The fourth-order valence-electron chi connectivity index (χ4n) is 1.21. The van der Waals surface area contributed by atoms with Crippen LogP contribution in [0.5, 0.6) is 5.75 Å². The third-order valence-corrected chi connectivity index (χ3v) is 2.20. The Labute approximate surface area is 118 Å². The van der Waals surface area contributed by atoms with Gasteiger partial charge in [0.15, 0.2) is 0 Å². The standard InChI is InChI=1S/C11H11F4NO3.ClH/c1-18-9(17)8(16)6-2-4-7(5-3-6)19-11(14,15)10(12)13;/h2-5,8,10H,16H2,1H3;1H/t8-;/m1./s1. The van der Waals surface area contributed by atoms with Gasteiger partial charge in [0.25, 0.3) is 0 Å². The van der Waals surface area contributed by atoms with E-state index < -0.39 is 30.3 Å². The Hall–Kier alpha value is -1.54. The first-order valence-corrected chi connectivity index (χ1v) is 5.06. The number of ether oxygens (including phenoxy) is 2. The molecule has 0 unspecified atom stereocenters. The van der Waals surface area contributed by atoms with Gasteiger partial charge < -0.3 is 15.2 Å². The summed E-state index contributed by atoms with van der Waals surface area (Å²) in [7, 11) is 1.14. The van der Waals surface area contributed by atoms with E-state index in [9.17, 15) is 22.4 Å². The lowest BCUT2D eigenvalue weighted by Gasteiger charge is -2.17. The second-order valence-electron chi connectivity index (χ2n) is 3.53. The smallest absolute Gasteiger partial charge is 0.461 e. The summed E-state index contributed by atoms with van der Waals surface area (Å²) in [6.45, 7) is 0. The maximum atomic E-state index is 12.6. The summed E-state index contributed by atoms with van der Waals surface area (Å²) >= 11 is 0. The van der Waals surface area contributed by atoms with Gasteiger partial charge >= 0.3 is 18.5 Å². The van der Waals surface area contributed by atoms with E-state index in [1.165, 1.54) is 12.1 Å². The molecule has 0 saturated carbocycles. The first-order valence-electron chi connectivity index (χ1n) is 5.06. The summed E-state index contributed by atoms with van der Waals surface area (Å²) in [5.41, 5.74) is 5.77. The highest BCUT2D eigenvalue weighted by molar-refractivity contribution is 5.85. The fourth-order valence-corrected chi connectivity index (χ4v) is 1.21. The van der Waals surface area contributed by atoms with Crippen LogP contribution in [0.2, 0.25) is 0 Å². The lowest BCUT2D eigenvalue weighted by molar-refractivity contribution is -0.253. The molecule has 0 aromatic heterocycles. The Morgan fingerprint density at radius 2 is 1.75 bits per heavy atom. The number of carbonyl (C=O) groups excluding carboxylic acids is 1. The van der Waals surface area contributed by atoms with Gasteiger partial charge in [-0.3, -0.25) is 4.79 Å². The number of methoxy groups -OCH3 is 1. The lowest BCUT2D eigenvalue weighted by Crippen LogP contribution is -2.33. The normalized spacial score (nSPS) is 12.6. The van der Waals surface area contributed by atoms with Crippen molar-refractivity contribution in [3.63, 3.8) is 0 Å². The van der Waals surface area contributed by atoms with Crippen molar-refractivity contribution in [3.8, 4) is 5.75 Å². The fraction of sp³-hybridized carbons (Fsp3) is 0.364. The molecule has 1 rings (SSSR count). The molecular weight excluding hydrogens is 306 g/mol. The quantitative estimate of drug-likeness (QED) is 0.669. The maximum absolute atomic E-state index is 12.6. The van der Waals surface area contributed by atoms with E-state index >= 15 is 0 Å². The molecule has 1 aromatic rings. The van der Waals surface area contributed by atoms with Crippen LogP contribution in [0, 0.1) is 0 Å². The van der Waals surface area contributed by atoms with Crippen LogP contribution in [0.4, 0.5) is 17.6 Å². The molecule has 0 aliphatic rings. The van der Waals surface area contributed by atoms with Gasteiger partial charge in [-0.05, 0) is 17.7 Å². The van der Waals surface area contributed by atoms with Gasteiger partial charge in [0.05, 0.1) is 7.11 Å². The second-order valence-corrected chi connectivity index (χ2v) is 3.53. The van der Waals surface area contributed by atoms with Gasteiger partial charge in [-0.15, -0.1) is 12.4 Å². The molecule has 114 valence electrons. The molecule has 2 N–H and O–H groups in total. The molecule has 0 aliphatic carbocycles. The molecule has 1 aromatic carbocycles. The van der Waals surface area contributed by atoms with Crippen LogP contribution in [-0.4, -0.2) is 25.6 Å². The summed E-state index contributed by atoms with van der Waals surface area (Å²) in [4.78, 5) is 11.1. The molecule has 0 radical (unpaired) electrons. The van der Waals surface area contributed by atoms with Crippen molar-refractivity contribution in [2.75, 3.05) is 7.11 Å². The lowest BCUT2D eigenvalue weighted by atomic mass is 10.1. The summed E-state index contributed by atoms with van der Waals surface area (Å²) < 4.78 is 57.2. The third kappa shape index (κ3) is 4.53. The predicted molar refractivity (Wildman–Crippen MR) is 64.2 cm³/mol. The van der Waals surface area contributed by atoms with Crippen molar-refractivity contribution in [1.82, 2.24) is 0 Å². The van der Waals surface area contributed by atoms with E-state index in [4.69, 9.17) is 5.73 Å². The number of hydrogen-bond acceptors (Lipinski definition) is 4. The number of halogens is 5. The van der Waals surface area contributed by atoms with Crippen molar-refractivity contribution in [2.45, 2.75) is 18.6 Å².